The Kier molecular flexibility index (Phi) is 24.9. The summed E-state index contributed by atoms with van der Waals surface area (Å²) in [5.74, 6) is 2.06. The maximum Gasteiger partial charge on any atom is 0.0445 e. The summed E-state index contributed by atoms with van der Waals surface area (Å²) in [6.07, 6.45) is 30.5. The van der Waals surface area contributed by atoms with Crippen molar-refractivity contribution in [3.05, 3.63) is 96.2 Å². The van der Waals surface area contributed by atoms with Crippen LogP contribution in [0.25, 0.3) is 0 Å². The highest BCUT2D eigenvalue weighted by atomic mass is 14.8. The van der Waals surface area contributed by atoms with Crippen LogP contribution in [0.4, 0.5) is 0 Å². The Morgan fingerprint density at radius 1 is 0.977 bits per heavy atom. The molecule has 0 rings (SSSR count). The first-order chi connectivity index (χ1) is 21.2. The van der Waals surface area contributed by atoms with Crippen molar-refractivity contribution < 1.29 is 0 Å². The number of nitrogens with one attached hydrogen (secondary N) is 1. The molecule has 0 spiro atoms. The quantitative estimate of drug-likeness (QED) is 0.0480. The highest BCUT2D eigenvalue weighted by Gasteiger charge is 2.15. The molecule has 0 aromatic heterocycles. The van der Waals surface area contributed by atoms with E-state index in [2.05, 4.69) is 146 Å². The molecule has 246 valence electrons. The largest absolute Gasteiger partial charge is 0.314 e. The molecule has 0 saturated carbocycles. The van der Waals surface area contributed by atoms with Gasteiger partial charge < -0.3 is 10.3 Å². The summed E-state index contributed by atoms with van der Waals surface area (Å²) in [7, 11) is 0. The minimum Gasteiger partial charge on any atom is -0.314 e. The van der Waals surface area contributed by atoms with E-state index in [0.717, 1.165) is 64.7 Å². The van der Waals surface area contributed by atoms with Crippen molar-refractivity contribution in [1.29, 1.82) is 0 Å². The molecule has 0 radical (unpaired) electrons. The highest BCUT2D eigenvalue weighted by Crippen LogP contribution is 2.28. The van der Waals surface area contributed by atoms with E-state index in [1.54, 1.807) is 0 Å². The number of nitrogens with zero attached hydrogens (tertiary/aromatic N) is 2. The SMILES string of the molecule is C=C/C=C\C(CC(C)/C=N\CCC(CC)C(=C)/C=C(\C=C/CNCC)C(/C=C\C)CCC)=C(/C/C=C\C(C)C)C(C)CN=C. The van der Waals surface area contributed by atoms with Crippen molar-refractivity contribution in [2.45, 2.75) is 93.9 Å². The zero-order valence-corrected chi connectivity index (χ0v) is 29.8. The Bertz CT molecular complexity index is 1010. The van der Waals surface area contributed by atoms with Crippen LogP contribution in [0.1, 0.15) is 93.9 Å². The molecule has 4 unspecified atom stereocenters. The van der Waals surface area contributed by atoms with Crippen molar-refractivity contribution >= 4 is 12.9 Å². The molecule has 0 aromatic rings. The van der Waals surface area contributed by atoms with Crippen LogP contribution in [0, 0.1) is 29.6 Å². The Hall–Kier alpha value is -2.78. The molecule has 3 nitrogen and oxygen atoms in total. The molecule has 0 aliphatic carbocycles. The van der Waals surface area contributed by atoms with E-state index in [9.17, 15) is 0 Å². The molecule has 0 aliphatic rings. The fourth-order valence-electron chi connectivity index (χ4n) is 5.40. The van der Waals surface area contributed by atoms with Gasteiger partial charge in [0.2, 0.25) is 0 Å². The molecule has 44 heavy (non-hydrogen) atoms. The van der Waals surface area contributed by atoms with Gasteiger partial charge in [0.15, 0.2) is 0 Å². The van der Waals surface area contributed by atoms with Crippen LogP contribution in [0.5, 0.6) is 0 Å². The summed E-state index contributed by atoms with van der Waals surface area (Å²) < 4.78 is 0. The van der Waals surface area contributed by atoms with Gasteiger partial charge in [0.25, 0.3) is 0 Å². The number of hydrogen-bond donors (Lipinski definition) is 1. The van der Waals surface area contributed by atoms with Gasteiger partial charge in [0.1, 0.15) is 0 Å². The number of hydrogen-bond acceptors (Lipinski definition) is 3. The maximum atomic E-state index is 4.91. The van der Waals surface area contributed by atoms with Crippen molar-refractivity contribution in [3.8, 4) is 0 Å². The van der Waals surface area contributed by atoms with Gasteiger partial charge in [-0.05, 0) is 87.1 Å². The summed E-state index contributed by atoms with van der Waals surface area (Å²) >= 11 is 0. The van der Waals surface area contributed by atoms with Crippen LogP contribution in [0.15, 0.2) is 106 Å². The summed E-state index contributed by atoms with van der Waals surface area (Å²) in [6.45, 7) is 33.4. The Labute approximate surface area is 273 Å². The molecule has 0 aliphatic heterocycles. The molecule has 0 fully saturated rings. The maximum absolute atomic E-state index is 4.91. The number of likely N-dealkylation sites (N-methyl/N-ethyl adjacent to an activating group) is 1. The van der Waals surface area contributed by atoms with Crippen LogP contribution in [-0.2, 0) is 0 Å². The van der Waals surface area contributed by atoms with Gasteiger partial charge in [0.05, 0.1) is 0 Å². The predicted molar refractivity (Wildman–Crippen MR) is 202 cm³/mol. The molecule has 1 N–H and O–H groups in total. The lowest BCUT2D eigenvalue weighted by Gasteiger charge is -2.20. The minimum atomic E-state index is 0.333. The van der Waals surface area contributed by atoms with E-state index in [4.69, 9.17) is 4.99 Å². The van der Waals surface area contributed by atoms with E-state index < -0.39 is 0 Å². The molecular weight excluding hydrogens is 534 g/mol. The third-order valence-corrected chi connectivity index (χ3v) is 7.86. The number of rotatable bonds is 25. The standard InChI is InChI=1S/C41H67N3/c1-12-17-23-40(41(36(10)32-42-11)25-18-22-33(6)7)29-34(8)31-44-28-26-37(15-4)35(9)30-39(24-19-27-43-16-5)38(20-13-2)21-14-3/h12-13,17-20,22-24,30-31,33-34,36-38,43H,1,9,11,14-16,21,25-29,32H2,2-8,10H3/b20-13-,22-18-,23-17-,24-19-,39-30+,41-40-,44-31-. The summed E-state index contributed by atoms with van der Waals surface area (Å²) in [6, 6.07) is 0. The summed E-state index contributed by atoms with van der Waals surface area (Å²) in [5, 5.41) is 3.40. The lowest BCUT2D eigenvalue weighted by Crippen LogP contribution is -2.12. The van der Waals surface area contributed by atoms with E-state index in [0.29, 0.717) is 29.6 Å². The van der Waals surface area contributed by atoms with Crippen LogP contribution in [0.3, 0.4) is 0 Å². The van der Waals surface area contributed by atoms with Crippen LogP contribution in [0.2, 0.25) is 0 Å². The number of aliphatic imine (C=N–C) groups is 2. The molecule has 4 atom stereocenters. The highest BCUT2D eigenvalue weighted by molar-refractivity contribution is 5.61. The van der Waals surface area contributed by atoms with Crippen molar-refractivity contribution in [1.82, 2.24) is 5.32 Å². The summed E-state index contributed by atoms with van der Waals surface area (Å²) in [4.78, 5) is 9.12. The van der Waals surface area contributed by atoms with Gasteiger partial charge in [-0.3, -0.25) is 4.99 Å². The molecule has 0 aromatic carbocycles. The lowest BCUT2D eigenvalue weighted by atomic mass is 9.87. The van der Waals surface area contributed by atoms with Crippen LogP contribution >= 0.6 is 0 Å². The van der Waals surface area contributed by atoms with Crippen molar-refractivity contribution in [3.63, 3.8) is 0 Å². The van der Waals surface area contributed by atoms with Gasteiger partial charge in [-0.1, -0.05) is 140 Å². The fourth-order valence-corrected chi connectivity index (χ4v) is 5.40. The average Bonchev–Trinajstić information content (AvgIpc) is 2.99. The van der Waals surface area contributed by atoms with Gasteiger partial charge in [-0.25, -0.2) is 0 Å². The summed E-state index contributed by atoms with van der Waals surface area (Å²) in [5.41, 5.74) is 5.36. The normalized spacial score (nSPS) is 16.4. The molecule has 0 bridgehead atoms. The smallest absolute Gasteiger partial charge is 0.0445 e. The monoisotopic (exact) mass is 602 g/mol. The van der Waals surface area contributed by atoms with Crippen molar-refractivity contribution in [2.75, 3.05) is 26.2 Å². The first-order valence-electron chi connectivity index (χ1n) is 17.2. The Morgan fingerprint density at radius 2 is 1.73 bits per heavy atom. The molecular formula is C41H67N3. The lowest BCUT2D eigenvalue weighted by molar-refractivity contribution is 0.560. The first kappa shape index (κ1) is 41.2. The topological polar surface area (TPSA) is 36.8 Å². The van der Waals surface area contributed by atoms with Gasteiger partial charge in [-0.2, -0.15) is 0 Å². The second-order valence-corrected chi connectivity index (χ2v) is 12.3. The third kappa shape index (κ3) is 18.8. The molecule has 0 saturated heterocycles. The predicted octanol–water partition coefficient (Wildman–Crippen LogP) is 11.1. The molecule has 0 heterocycles. The Morgan fingerprint density at radius 3 is 2.32 bits per heavy atom. The zero-order valence-electron chi connectivity index (χ0n) is 29.8. The second-order valence-electron chi connectivity index (χ2n) is 12.3. The third-order valence-electron chi connectivity index (χ3n) is 7.86. The first-order valence-corrected chi connectivity index (χ1v) is 17.2. The molecule has 0 amide bonds. The zero-order chi connectivity index (χ0) is 33.2. The fraction of sp³-hybridized carbons (Fsp3) is 0.561. The minimum absolute atomic E-state index is 0.333. The van der Waals surface area contributed by atoms with E-state index in [1.165, 1.54) is 22.3 Å². The van der Waals surface area contributed by atoms with E-state index in [-0.39, 0.29) is 0 Å². The number of allylic oxidation sites excluding steroid dienone is 12. The van der Waals surface area contributed by atoms with Gasteiger partial charge >= 0.3 is 0 Å². The average molecular weight is 602 g/mol. The molecule has 3 heteroatoms. The Balaban J connectivity index is 5.76. The van der Waals surface area contributed by atoms with E-state index >= 15 is 0 Å². The van der Waals surface area contributed by atoms with Gasteiger partial charge in [0, 0.05) is 31.8 Å². The van der Waals surface area contributed by atoms with E-state index in [1.807, 2.05) is 6.08 Å². The van der Waals surface area contributed by atoms with Crippen LogP contribution in [-0.4, -0.2) is 39.1 Å². The van der Waals surface area contributed by atoms with Gasteiger partial charge in [-0.15, -0.1) is 0 Å². The van der Waals surface area contributed by atoms with Crippen molar-refractivity contribution in [2.24, 2.45) is 39.6 Å². The van der Waals surface area contributed by atoms with Crippen LogP contribution < -0.4 is 5.32 Å². The second kappa shape index (κ2) is 26.6.